The van der Waals surface area contributed by atoms with E-state index in [0.29, 0.717) is 0 Å². The van der Waals surface area contributed by atoms with Crippen LogP contribution in [-0.2, 0) is 5.41 Å². The number of fused-ring (bicyclic) bond motifs is 4. The molecule has 1 aromatic rings. The van der Waals surface area contributed by atoms with Crippen LogP contribution in [0.15, 0.2) is 24.3 Å². The first-order valence-corrected chi connectivity index (χ1v) is 11.8. The third-order valence-electron chi connectivity index (χ3n) is 8.72. The molecule has 2 bridgehead atoms. The number of nitrogens with one attached hydrogen (secondary N) is 1. The van der Waals surface area contributed by atoms with Crippen LogP contribution >= 0.6 is 0 Å². The summed E-state index contributed by atoms with van der Waals surface area (Å²) >= 11 is 0. The summed E-state index contributed by atoms with van der Waals surface area (Å²) in [5.74, 6) is 3.14. The van der Waals surface area contributed by atoms with E-state index in [1.807, 2.05) is 14.1 Å². The van der Waals surface area contributed by atoms with Crippen molar-refractivity contribution in [3.8, 4) is 0 Å². The molecule has 0 radical (unpaired) electrons. The van der Waals surface area contributed by atoms with Crippen LogP contribution in [0.2, 0.25) is 0 Å². The third kappa shape index (κ3) is 3.58. The molecule has 1 saturated heterocycles. The molecule has 1 aliphatic heterocycles. The average molecular weight is 398 g/mol. The summed E-state index contributed by atoms with van der Waals surface area (Å²) in [6.07, 6.45) is 11.0. The lowest BCUT2D eigenvalue weighted by atomic mass is 9.73. The highest BCUT2D eigenvalue weighted by Crippen LogP contribution is 2.52. The van der Waals surface area contributed by atoms with Gasteiger partial charge >= 0.3 is 6.03 Å². The molecule has 3 fully saturated rings. The van der Waals surface area contributed by atoms with Gasteiger partial charge in [-0.05, 0) is 93.5 Å². The molecule has 1 spiro atoms. The van der Waals surface area contributed by atoms with Gasteiger partial charge in [0.05, 0.1) is 6.04 Å². The van der Waals surface area contributed by atoms with E-state index >= 15 is 0 Å². The predicted octanol–water partition coefficient (Wildman–Crippen LogP) is 4.81. The molecule has 1 N–H and O–H groups in total. The fourth-order valence-corrected chi connectivity index (χ4v) is 7.06. The Balaban J connectivity index is 0.00000218. The Morgan fingerprint density at radius 1 is 1.21 bits per heavy atom. The SMILES string of the molecule is CN(C)C(=O)N[C@H]1CC2(CCN(CCC3C[C@@H]4CC[C@@H]3C4)CC2)c2ccccc21.[HH]. The second-order valence-corrected chi connectivity index (χ2v) is 10.5. The summed E-state index contributed by atoms with van der Waals surface area (Å²) in [7, 11) is 3.64. The van der Waals surface area contributed by atoms with E-state index in [-0.39, 0.29) is 18.9 Å². The molecule has 4 heteroatoms. The van der Waals surface area contributed by atoms with Crippen molar-refractivity contribution in [3.63, 3.8) is 0 Å². The van der Waals surface area contributed by atoms with Gasteiger partial charge in [0.15, 0.2) is 0 Å². The van der Waals surface area contributed by atoms with Gasteiger partial charge in [-0.3, -0.25) is 0 Å². The molecule has 4 nitrogen and oxygen atoms in total. The van der Waals surface area contributed by atoms with Crippen LogP contribution in [0.1, 0.15) is 70.0 Å². The maximum atomic E-state index is 12.3. The Kier molecular flexibility index (Phi) is 5.09. The summed E-state index contributed by atoms with van der Waals surface area (Å²) in [4.78, 5) is 16.7. The molecule has 5 rings (SSSR count). The number of hydrogen-bond donors (Lipinski definition) is 1. The van der Waals surface area contributed by atoms with E-state index in [9.17, 15) is 4.79 Å². The minimum absolute atomic E-state index is 0. The number of rotatable bonds is 4. The van der Waals surface area contributed by atoms with Crippen LogP contribution < -0.4 is 5.32 Å². The van der Waals surface area contributed by atoms with Crippen LogP contribution in [-0.4, -0.2) is 49.6 Å². The molecule has 0 aromatic heterocycles. The fourth-order valence-electron chi connectivity index (χ4n) is 7.06. The first kappa shape index (κ1) is 19.4. The monoisotopic (exact) mass is 397 g/mol. The number of benzene rings is 1. The van der Waals surface area contributed by atoms with E-state index in [1.165, 1.54) is 75.7 Å². The number of nitrogens with zero attached hydrogens (tertiary/aromatic N) is 2. The Morgan fingerprint density at radius 3 is 2.69 bits per heavy atom. The zero-order chi connectivity index (χ0) is 20.0. The van der Waals surface area contributed by atoms with Crippen LogP contribution in [0.3, 0.4) is 0 Å². The highest BCUT2D eigenvalue weighted by Gasteiger charge is 2.46. The normalized spacial score (nSPS) is 32.5. The van der Waals surface area contributed by atoms with Gasteiger partial charge in [-0.1, -0.05) is 30.7 Å². The predicted molar refractivity (Wildman–Crippen MR) is 119 cm³/mol. The fraction of sp³-hybridized carbons (Fsp3) is 0.720. The lowest BCUT2D eigenvalue weighted by Crippen LogP contribution is -2.43. The van der Waals surface area contributed by atoms with Gasteiger partial charge in [0.2, 0.25) is 0 Å². The Hall–Kier alpha value is -1.55. The number of hydrogen-bond acceptors (Lipinski definition) is 2. The van der Waals surface area contributed by atoms with E-state index in [1.54, 1.807) is 4.90 Å². The molecule has 29 heavy (non-hydrogen) atoms. The Bertz CT molecular complexity index is 759. The quantitative estimate of drug-likeness (QED) is 0.791. The van der Waals surface area contributed by atoms with Gasteiger partial charge in [0.1, 0.15) is 0 Å². The highest BCUT2D eigenvalue weighted by atomic mass is 16.2. The van der Waals surface area contributed by atoms with Crippen molar-refractivity contribution in [3.05, 3.63) is 35.4 Å². The minimum Gasteiger partial charge on any atom is -0.331 e. The minimum atomic E-state index is 0. The molecular weight excluding hydrogens is 358 g/mol. The van der Waals surface area contributed by atoms with Crippen LogP contribution in [0.5, 0.6) is 0 Å². The van der Waals surface area contributed by atoms with Gasteiger partial charge < -0.3 is 15.1 Å². The van der Waals surface area contributed by atoms with Crippen molar-refractivity contribution >= 4 is 6.03 Å². The van der Waals surface area contributed by atoms with Gasteiger partial charge in [0.25, 0.3) is 0 Å². The molecule has 160 valence electrons. The molecule has 4 aliphatic rings. The lowest BCUT2D eigenvalue weighted by molar-refractivity contribution is 0.138. The van der Waals surface area contributed by atoms with E-state index < -0.39 is 0 Å². The molecule has 4 atom stereocenters. The van der Waals surface area contributed by atoms with Gasteiger partial charge in [0, 0.05) is 20.9 Å². The second-order valence-electron chi connectivity index (χ2n) is 10.5. The molecule has 3 aliphatic carbocycles. The smallest absolute Gasteiger partial charge is 0.317 e. The number of amides is 2. The molecule has 1 heterocycles. The molecule has 1 aromatic carbocycles. The zero-order valence-electron chi connectivity index (χ0n) is 18.2. The van der Waals surface area contributed by atoms with Gasteiger partial charge in [-0.2, -0.15) is 0 Å². The number of likely N-dealkylation sites (tertiary alicyclic amines) is 1. The van der Waals surface area contributed by atoms with Crippen LogP contribution in [0.4, 0.5) is 4.79 Å². The molecule has 2 amide bonds. The third-order valence-corrected chi connectivity index (χ3v) is 8.72. The zero-order valence-corrected chi connectivity index (χ0v) is 18.2. The first-order chi connectivity index (χ1) is 14.0. The Labute approximate surface area is 177 Å². The highest BCUT2D eigenvalue weighted by molar-refractivity contribution is 5.74. The molecular formula is C25H39N3O. The Morgan fingerprint density at radius 2 is 2.00 bits per heavy atom. The average Bonchev–Trinajstić information content (AvgIpc) is 3.42. The summed E-state index contributed by atoms with van der Waals surface area (Å²) in [6, 6.07) is 9.02. The van der Waals surface area contributed by atoms with Crippen molar-refractivity contribution in [1.29, 1.82) is 0 Å². The number of urea groups is 1. The van der Waals surface area contributed by atoms with Crippen LogP contribution in [0, 0.1) is 17.8 Å². The summed E-state index contributed by atoms with van der Waals surface area (Å²) in [5, 5.41) is 3.27. The number of carbonyl (C=O) groups is 1. The maximum Gasteiger partial charge on any atom is 0.317 e. The summed E-state index contributed by atoms with van der Waals surface area (Å²) in [6.45, 7) is 3.72. The van der Waals surface area contributed by atoms with Crippen molar-refractivity contribution in [2.24, 2.45) is 17.8 Å². The van der Waals surface area contributed by atoms with Gasteiger partial charge in [-0.15, -0.1) is 0 Å². The first-order valence-electron chi connectivity index (χ1n) is 11.8. The van der Waals surface area contributed by atoms with Gasteiger partial charge in [-0.25, -0.2) is 4.79 Å². The lowest BCUT2D eigenvalue weighted by Gasteiger charge is -2.41. The largest absolute Gasteiger partial charge is 0.331 e. The topological polar surface area (TPSA) is 35.6 Å². The molecule has 1 unspecified atom stereocenters. The number of piperidine rings is 1. The number of carbonyl (C=O) groups excluding carboxylic acids is 1. The summed E-state index contributed by atoms with van der Waals surface area (Å²) < 4.78 is 0. The van der Waals surface area contributed by atoms with Crippen molar-refractivity contribution in [2.75, 3.05) is 33.7 Å². The van der Waals surface area contributed by atoms with E-state index in [4.69, 9.17) is 0 Å². The molecule has 2 saturated carbocycles. The van der Waals surface area contributed by atoms with Crippen molar-refractivity contribution < 1.29 is 6.22 Å². The van der Waals surface area contributed by atoms with Crippen molar-refractivity contribution in [2.45, 2.75) is 62.8 Å². The van der Waals surface area contributed by atoms with Crippen LogP contribution in [0.25, 0.3) is 0 Å². The van der Waals surface area contributed by atoms with E-state index in [0.717, 1.165) is 24.2 Å². The maximum absolute atomic E-state index is 12.3. The summed E-state index contributed by atoms with van der Waals surface area (Å²) in [5.41, 5.74) is 3.10. The van der Waals surface area contributed by atoms with Crippen molar-refractivity contribution in [1.82, 2.24) is 15.1 Å². The second kappa shape index (κ2) is 7.61. The van der Waals surface area contributed by atoms with E-state index in [2.05, 4.69) is 34.5 Å². The standard InChI is InChI=1S/C25H37N3O.H2/c1-27(2)24(29)26-23-17-25(22-6-4-3-5-21(22)23)10-13-28(14-11-25)12-9-20-16-18-7-8-19(20)15-18;/h3-6,18-20,23H,7-17H2,1-2H3,(H,26,29);1H/t18-,19-,20?,23+;/m1./s1.